The van der Waals surface area contributed by atoms with E-state index < -0.39 is 0 Å². The first-order chi connectivity index (χ1) is 33.3. The lowest BCUT2D eigenvalue weighted by molar-refractivity contribution is 0.939. The van der Waals surface area contributed by atoms with Crippen molar-refractivity contribution in [3.63, 3.8) is 0 Å². The van der Waals surface area contributed by atoms with Gasteiger partial charge >= 0.3 is 0 Å². The zero-order valence-electron chi connectivity index (χ0n) is 38.1. The average Bonchev–Trinajstić information content (AvgIpc) is 4.06. The van der Waals surface area contributed by atoms with E-state index in [1.54, 1.807) is 28.7 Å². The number of nitrogens with zero attached hydrogens (tertiary/aromatic N) is 4. The Hall–Kier alpha value is -7.90. The summed E-state index contributed by atoms with van der Waals surface area (Å²) in [5, 5.41) is 4.07. The first-order valence-corrected chi connectivity index (χ1v) is 24.4. The highest BCUT2D eigenvalue weighted by Crippen LogP contribution is 2.39. The predicted molar refractivity (Wildman–Crippen MR) is 296 cm³/mol. The molecule has 9 rings (SSSR count). The molecule has 0 aliphatic carbocycles. The third-order valence-electron chi connectivity index (χ3n) is 12.0. The number of aromatic nitrogens is 2. The van der Waals surface area contributed by atoms with Crippen molar-refractivity contribution in [2.75, 3.05) is 9.80 Å². The molecule has 0 aliphatic rings. The monoisotopic (exact) mass is 916 g/mol. The van der Waals surface area contributed by atoms with Crippen molar-refractivity contribution in [3.05, 3.63) is 260 Å². The van der Waals surface area contributed by atoms with Gasteiger partial charge in [-0.1, -0.05) is 129 Å². The lowest BCUT2D eigenvalue weighted by Gasteiger charge is -2.26. The Morgan fingerprint density at radius 2 is 0.882 bits per heavy atom. The molecule has 0 unspecified atom stereocenters. The van der Waals surface area contributed by atoms with Crippen molar-refractivity contribution in [2.24, 2.45) is 0 Å². The Bertz CT molecular complexity index is 3200. The highest BCUT2D eigenvalue weighted by molar-refractivity contribution is 7.21. The van der Waals surface area contributed by atoms with Crippen LogP contribution in [0, 0.1) is 0 Å². The van der Waals surface area contributed by atoms with Gasteiger partial charge in [0.05, 0.1) is 15.9 Å². The van der Waals surface area contributed by atoms with Gasteiger partial charge in [-0.15, -0.1) is 22.7 Å². The smallest absolute Gasteiger partial charge is 0.124 e. The van der Waals surface area contributed by atoms with Crippen LogP contribution in [0.2, 0.25) is 0 Å². The van der Waals surface area contributed by atoms with Gasteiger partial charge in [0.1, 0.15) is 10.0 Å². The Morgan fingerprint density at radius 3 is 1.35 bits per heavy atom. The average molecular weight is 917 g/mol. The van der Waals surface area contributed by atoms with Crippen LogP contribution in [0.15, 0.2) is 244 Å². The summed E-state index contributed by atoms with van der Waals surface area (Å²) in [5.41, 5.74) is 17.1. The number of hydrogen-bond donors (Lipinski definition) is 0. The lowest BCUT2D eigenvalue weighted by Crippen LogP contribution is -2.09. The van der Waals surface area contributed by atoms with Crippen LogP contribution in [-0.2, 0) is 0 Å². The van der Waals surface area contributed by atoms with Crippen molar-refractivity contribution in [1.82, 2.24) is 9.97 Å². The molecule has 68 heavy (non-hydrogen) atoms. The van der Waals surface area contributed by atoms with Crippen LogP contribution in [0.1, 0.15) is 42.5 Å². The van der Waals surface area contributed by atoms with Crippen molar-refractivity contribution >= 4 is 84.2 Å². The molecular formula is C62H52N4S2. The lowest BCUT2D eigenvalue weighted by atomic mass is 9.93. The fourth-order valence-electron chi connectivity index (χ4n) is 8.15. The molecule has 6 heteroatoms. The van der Waals surface area contributed by atoms with Gasteiger partial charge in [0.15, 0.2) is 0 Å². The van der Waals surface area contributed by atoms with Crippen LogP contribution in [0.5, 0.6) is 0 Å². The van der Waals surface area contributed by atoms with E-state index in [1.807, 2.05) is 24.3 Å². The van der Waals surface area contributed by atoms with Crippen LogP contribution in [0.3, 0.4) is 0 Å². The van der Waals surface area contributed by atoms with Gasteiger partial charge in [0.2, 0.25) is 0 Å². The van der Waals surface area contributed by atoms with Gasteiger partial charge in [-0.2, -0.15) is 0 Å². The predicted octanol–water partition coefficient (Wildman–Crippen LogP) is 18.6. The van der Waals surface area contributed by atoms with E-state index >= 15 is 0 Å². The van der Waals surface area contributed by atoms with Crippen molar-refractivity contribution < 1.29 is 0 Å². The zero-order valence-corrected chi connectivity index (χ0v) is 39.7. The van der Waals surface area contributed by atoms with E-state index in [0.29, 0.717) is 0 Å². The number of anilines is 6. The summed E-state index contributed by atoms with van der Waals surface area (Å²) in [7, 11) is 0. The molecule has 0 fully saturated rings. The van der Waals surface area contributed by atoms with Crippen LogP contribution in [0.25, 0.3) is 48.6 Å². The molecule has 0 spiro atoms. The molecule has 0 saturated carbocycles. The third-order valence-corrected chi connectivity index (χ3v) is 14.0. The van der Waals surface area contributed by atoms with Gasteiger partial charge in [-0.3, -0.25) is 0 Å². The number of hydrogen-bond acceptors (Lipinski definition) is 6. The van der Waals surface area contributed by atoms with E-state index in [9.17, 15) is 0 Å². The molecule has 332 valence electrons. The number of rotatable bonds is 19. The van der Waals surface area contributed by atoms with Gasteiger partial charge in [-0.25, -0.2) is 9.97 Å². The molecule has 4 nitrogen and oxygen atoms in total. The summed E-state index contributed by atoms with van der Waals surface area (Å²) >= 11 is 3.36. The zero-order chi connectivity index (χ0) is 46.8. The van der Waals surface area contributed by atoms with E-state index in [0.717, 1.165) is 126 Å². The standard InChI is InChI=1S/C62H52N4S2/c1-6-7-16-52-43-67-61(63-52)50-31-39-57(40-32-50)65(53-17-10-8-11-18-53)55-35-27-48(28-36-55)46(4)25-23-44(2)45(3)24-26-47(5)49-29-37-56(38-30-49)66(54-19-12-9-13-20-54)58-41-33-51(34-42-58)62-64-59-21-14-15-22-60(59)68-62/h6-22,27-43H,1-5,23-26H2/b16-7-. The third kappa shape index (κ3) is 10.5. The summed E-state index contributed by atoms with van der Waals surface area (Å²) in [6.45, 7) is 21.6. The Morgan fingerprint density at radius 1 is 0.456 bits per heavy atom. The minimum atomic E-state index is 0.797. The molecular weight excluding hydrogens is 865 g/mol. The van der Waals surface area contributed by atoms with Crippen LogP contribution in [-0.4, -0.2) is 9.97 Å². The second-order valence-corrected chi connectivity index (χ2v) is 18.5. The van der Waals surface area contributed by atoms with Crippen molar-refractivity contribution in [2.45, 2.75) is 25.7 Å². The van der Waals surface area contributed by atoms with Crippen LogP contribution >= 0.6 is 22.7 Å². The molecule has 0 N–H and O–H groups in total. The van der Waals surface area contributed by atoms with Gasteiger partial charge in [0, 0.05) is 50.6 Å². The Balaban J connectivity index is 0.797. The van der Waals surface area contributed by atoms with Crippen LogP contribution in [0.4, 0.5) is 34.1 Å². The van der Waals surface area contributed by atoms with E-state index in [4.69, 9.17) is 9.97 Å². The Labute approximate surface area is 408 Å². The first-order valence-electron chi connectivity index (χ1n) is 22.7. The number of thiazole rings is 2. The fraction of sp³-hybridized carbons (Fsp3) is 0.0645. The number of fused-ring (bicyclic) bond motifs is 1. The van der Waals surface area contributed by atoms with Crippen LogP contribution < -0.4 is 9.80 Å². The van der Waals surface area contributed by atoms with E-state index in [2.05, 4.69) is 218 Å². The molecule has 0 amide bonds. The minimum Gasteiger partial charge on any atom is -0.311 e. The minimum absolute atomic E-state index is 0.797. The molecule has 0 saturated heterocycles. The van der Waals surface area contributed by atoms with E-state index in [-0.39, 0.29) is 0 Å². The SMILES string of the molecule is C=C/C=C\c1csc(-c2ccc(N(c3ccccc3)c3ccc(C(=C)CCC(=C)C(=C)CCC(=C)c4ccc(N(c5ccccc5)c5ccc(-c6nc7ccccc7s6)cc5)cc4)cc3)cc2)n1. The fourth-order valence-corrected chi connectivity index (χ4v) is 9.92. The maximum atomic E-state index is 4.87. The molecule has 2 aromatic heterocycles. The quantitative estimate of drug-likeness (QED) is 0.0757. The second-order valence-electron chi connectivity index (χ2n) is 16.6. The molecule has 0 atom stereocenters. The maximum absolute atomic E-state index is 4.87. The summed E-state index contributed by atoms with van der Waals surface area (Å²) in [6, 6.07) is 63.9. The number of benzene rings is 7. The Kier molecular flexibility index (Phi) is 14.1. The molecule has 9 aromatic rings. The normalized spacial score (nSPS) is 11.1. The second kappa shape index (κ2) is 21.2. The molecule has 2 heterocycles. The molecule has 7 aromatic carbocycles. The first kappa shape index (κ1) is 45.3. The van der Waals surface area contributed by atoms with Gasteiger partial charge < -0.3 is 9.80 Å². The van der Waals surface area contributed by atoms with Crippen molar-refractivity contribution in [1.29, 1.82) is 0 Å². The molecule has 0 aliphatic heterocycles. The highest BCUT2D eigenvalue weighted by atomic mass is 32.1. The van der Waals surface area contributed by atoms with E-state index in [1.165, 1.54) is 4.70 Å². The number of para-hydroxylation sites is 3. The molecule has 0 radical (unpaired) electrons. The molecule has 0 bridgehead atoms. The summed E-state index contributed by atoms with van der Waals surface area (Å²) in [4.78, 5) is 14.2. The van der Waals surface area contributed by atoms with Gasteiger partial charge in [-0.05, 0) is 163 Å². The maximum Gasteiger partial charge on any atom is 0.124 e. The summed E-state index contributed by atoms with van der Waals surface area (Å²) in [5.74, 6) is 0. The largest absolute Gasteiger partial charge is 0.311 e. The van der Waals surface area contributed by atoms with Gasteiger partial charge in [0.25, 0.3) is 0 Å². The highest BCUT2D eigenvalue weighted by Gasteiger charge is 2.16. The summed E-state index contributed by atoms with van der Waals surface area (Å²) < 4.78 is 1.19. The number of allylic oxidation sites excluding steroid dienone is 6. The topological polar surface area (TPSA) is 32.3 Å². The van der Waals surface area contributed by atoms with Crippen molar-refractivity contribution in [3.8, 4) is 21.1 Å². The summed E-state index contributed by atoms with van der Waals surface area (Å²) in [6.07, 6.45) is 8.83.